The van der Waals surface area contributed by atoms with Crippen LogP contribution in [-0.4, -0.2) is 23.8 Å². The van der Waals surface area contributed by atoms with Gasteiger partial charge in [-0.1, -0.05) is 44.2 Å². The molecule has 2 nitrogen and oxygen atoms in total. The van der Waals surface area contributed by atoms with Gasteiger partial charge in [-0.15, -0.1) is 0 Å². The van der Waals surface area contributed by atoms with Crippen molar-refractivity contribution in [1.82, 2.24) is 4.90 Å². The summed E-state index contributed by atoms with van der Waals surface area (Å²) in [6.07, 6.45) is 2.24. The summed E-state index contributed by atoms with van der Waals surface area (Å²) in [7, 11) is 0. The largest absolute Gasteiger partial charge is 0.299 e. The second-order valence-corrected chi connectivity index (χ2v) is 5.05. The molecule has 3 rings (SSSR count). The number of hydrogen-bond donors (Lipinski definition) is 0. The van der Waals surface area contributed by atoms with Gasteiger partial charge in [0.1, 0.15) is 5.78 Å². The van der Waals surface area contributed by atoms with E-state index in [0.717, 1.165) is 32.5 Å². The monoisotopic (exact) mass is 245 g/mol. The molecule has 0 spiro atoms. The van der Waals surface area contributed by atoms with E-state index >= 15 is 0 Å². The number of nitrogens with zero attached hydrogens (tertiary/aromatic N) is 1. The molecule has 1 aliphatic carbocycles. The quantitative estimate of drug-likeness (QED) is 0.798. The predicted octanol–water partition coefficient (Wildman–Crippen LogP) is 3.12. The minimum absolute atomic E-state index is 0.336. The second-order valence-electron chi connectivity index (χ2n) is 5.05. The van der Waals surface area contributed by atoms with Crippen molar-refractivity contribution in [2.24, 2.45) is 11.8 Å². The fraction of sp³-hybridized carbons (Fsp3) is 0.562. The fourth-order valence-electron chi connectivity index (χ4n) is 3.05. The highest BCUT2D eigenvalue weighted by Crippen LogP contribution is 2.33. The molecule has 2 heteroatoms. The molecule has 2 unspecified atom stereocenters. The van der Waals surface area contributed by atoms with Gasteiger partial charge in [-0.2, -0.15) is 0 Å². The molecule has 2 aliphatic rings. The maximum absolute atomic E-state index is 11.8. The SMILES string of the molecule is CC.O=C1C2CCC1CN(Cc1ccccc1)C2. The molecule has 1 saturated heterocycles. The normalized spacial score (nSPS) is 26.7. The molecular formula is C16H23NO. The van der Waals surface area contributed by atoms with Crippen LogP contribution in [0.2, 0.25) is 0 Å². The Morgan fingerprint density at radius 1 is 1.06 bits per heavy atom. The lowest BCUT2D eigenvalue weighted by molar-refractivity contribution is -0.127. The van der Waals surface area contributed by atoms with E-state index in [2.05, 4.69) is 29.2 Å². The smallest absolute Gasteiger partial charge is 0.141 e. The maximum Gasteiger partial charge on any atom is 0.141 e. The molecule has 1 aromatic carbocycles. The molecule has 0 N–H and O–H groups in total. The van der Waals surface area contributed by atoms with Crippen molar-refractivity contribution in [3.05, 3.63) is 35.9 Å². The number of benzene rings is 1. The van der Waals surface area contributed by atoms with Gasteiger partial charge in [0.05, 0.1) is 0 Å². The first kappa shape index (κ1) is 13.3. The van der Waals surface area contributed by atoms with Crippen molar-refractivity contribution in [3.8, 4) is 0 Å². The fourth-order valence-corrected chi connectivity index (χ4v) is 3.05. The Morgan fingerprint density at radius 2 is 1.61 bits per heavy atom. The first-order valence-electron chi connectivity index (χ1n) is 7.13. The van der Waals surface area contributed by atoms with Crippen molar-refractivity contribution in [2.45, 2.75) is 33.2 Å². The van der Waals surface area contributed by atoms with Crippen LogP contribution in [0.25, 0.3) is 0 Å². The van der Waals surface area contributed by atoms with Gasteiger partial charge in [-0.3, -0.25) is 9.69 Å². The van der Waals surface area contributed by atoms with E-state index in [1.807, 2.05) is 19.9 Å². The van der Waals surface area contributed by atoms with E-state index in [1.54, 1.807) is 0 Å². The first-order valence-corrected chi connectivity index (χ1v) is 7.13. The zero-order chi connectivity index (χ0) is 13.0. The lowest BCUT2D eigenvalue weighted by Gasteiger charge is -2.30. The molecule has 98 valence electrons. The van der Waals surface area contributed by atoms with E-state index in [-0.39, 0.29) is 0 Å². The van der Waals surface area contributed by atoms with Gasteiger partial charge in [0.2, 0.25) is 0 Å². The second kappa shape index (κ2) is 6.14. The Hall–Kier alpha value is -1.15. The molecule has 0 aromatic heterocycles. The minimum atomic E-state index is 0.336. The van der Waals surface area contributed by atoms with E-state index < -0.39 is 0 Å². The molecule has 1 aliphatic heterocycles. The Kier molecular flexibility index (Phi) is 4.54. The van der Waals surface area contributed by atoms with Crippen LogP contribution in [0.1, 0.15) is 32.3 Å². The molecule has 2 atom stereocenters. The van der Waals surface area contributed by atoms with E-state index in [4.69, 9.17) is 0 Å². The highest BCUT2D eigenvalue weighted by molar-refractivity contribution is 5.86. The number of piperidine rings is 1. The van der Waals surface area contributed by atoms with Crippen LogP contribution in [0.3, 0.4) is 0 Å². The molecule has 18 heavy (non-hydrogen) atoms. The van der Waals surface area contributed by atoms with Crippen LogP contribution in [0.15, 0.2) is 30.3 Å². The Balaban J connectivity index is 0.000000574. The van der Waals surface area contributed by atoms with Crippen molar-refractivity contribution in [3.63, 3.8) is 0 Å². The number of hydrogen-bond acceptors (Lipinski definition) is 2. The minimum Gasteiger partial charge on any atom is -0.299 e. The Bertz CT molecular complexity index is 371. The molecule has 2 bridgehead atoms. The zero-order valence-corrected chi connectivity index (χ0v) is 11.4. The van der Waals surface area contributed by atoms with Crippen LogP contribution in [0.4, 0.5) is 0 Å². The van der Waals surface area contributed by atoms with E-state index in [1.165, 1.54) is 5.56 Å². The number of carbonyl (C=O) groups excluding carboxylic acids is 1. The number of rotatable bonds is 2. The van der Waals surface area contributed by atoms with Gasteiger partial charge < -0.3 is 0 Å². The summed E-state index contributed by atoms with van der Waals surface area (Å²) in [6, 6.07) is 10.5. The van der Waals surface area contributed by atoms with Crippen molar-refractivity contribution in [1.29, 1.82) is 0 Å². The number of Topliss-reactive ketones (excluding diaryl/α,β-unsaturated/α-hetero) is 1. The molecule has 1 saturated carbocycles. The van der Waals surface area contributed by atoms with Gasteiger partial charge in [0.25, 0.3) is 0 Å². The summed E-state index contributed by atoms with van der Waals surface area (Å²) in [5.41, 5.74) is 1.36. The third-order valence-electron chi connectivity index (χ3n) is 3.87. The third kappa shape index (κ3) is 2.81. The van der Waals surface area contributed by atoms with Crippen LogP contribution >= 0.6 is 0 Å². The van der Waals surface area contributed by atoms with Gasteiger partial charge in [-0.05, 0) is 18.4 Å². The summed E-state index contributed by atoms with van der Waals surface area (Å²) in [5.74, 6) is 1.20. The predicted molar refractivity (Wildman–Crippen MR) is 74.3 cm³/mol. The molecule has 2 fully saturated rings. The summed E-state index contributed by atoms with van der Waals surface area (Å²) >= 11 is 0. The summed E-state index contributed by atoms with van der Waals surface area (Å²) in [6.45, 7) is 6.95. The molecule has 1 aromatic rings. The van der Waals surface area contributed by atoms with Crippen molar-refractivity contribution in [2.75, 3.05) is 13.1 Å². The van der Waals surface area contributed by atoms with E-state index in [0.29, 0.717) is 17.6 Å². The molecule has 0 radical (unpaired) electrons. The number of carbonyl (C=O) groups is 1. The number of ketones is 1. The Labute approximate surface area is 110 Å². The summed E-state index contributed by atoms with van der Waals surface area (Å²) < 4.78 is 0. The average Bonchev–Trinajstić information content (AvgIpc) is 2.65. The lowest BCUT2D eigenvalue weighted by atomic mass is 9.96. The molecule has 0 amide bonds. The van der Waals surface area contributed by atoms with Gasteiger partial charge in [-0.25, -0.2) is 0 Å². The van der Waals surface area contributed by atoms with E-state index in [9.17, 15) is 4.79 Å². The standard InChI is InChI=1S/C14H17NO.C2H6/c16-14-12-6-7-13(14)10-15(9-12)8-11-4-2-1-3-5-11;1-2/h1-5,12-13H,6-10H2;1-2H3. The first-order chi connectivity index (χ1) is 8.83. The summed E-state index contributed by atoms with van der Waals surface area (Å²) in [5, 5.41) is 0. The van der Waals surface area contributed by atoms with Gasteiger partial charge in [0.15, 0.2) is 0 Å². The lowest BCUT2D eigenvalue weighted by Crippen LogP contribution is -2.41. The highest BCUT2D eigenvalue weighted by atomic mass is 16.1. The number of fused-ring (bicyclic) bond motifs is 2. The highest BCUT2D eigenvalue weighted by Gasteiger charge is 2.40. The molecular weight excluding hydrogens is 222 g/mol. The van der Waals surface area contributed by atoms with Crippen LogP contribution in [-0.2, 0) is 11.3 Å². The van der Waals surface area contributed by atoms with Crippen molar-refractivity contribution >= 4 is 5.78 Å². The molecule has 1 heterocycles. The van der Waals surface area contributed by atoms with Crippen molar-refractivity contribution < 1.29 is 4.79 Å². The summed E-state index contributed by atoms with van der Waals surface area (Å²) in [4.78, 5) is 14.2. The van der Waals surface area contributed by atoms with Gasteiger partial charge in [0, 0.05) is 31.5 Å². The van der Waals surface area contributed by atoms with Gasteiger partial charge >= 0.3 is 0 Å². The third-order valence-corrected chi connectivity index (χ3v) is 3.87. The topological polar surface area (TPSA) is 20.3 Å². The van der Waals surface area contributed by atoms with Crippen LogP contribution < -0.4 is 0 Å². The Morgan fingerprint density at radius 3 is 2.17 bits per heavy atom. The average molecular weight is 245 g/mol. The number of likely N-dealkylation sites (tertiary alicyclic amines) is 1. The van der Waals surface area contributed by atoms with Crippen LogP contribution in [0.5, 0.6) is 0 Å². The zero-order valence-electron chi connectivity index (χ0n) is 11.4. The van der Waals surface area contributed by atoms with Crippen LogP contribution in [0, 0.1) is 11.8 Å². The maximum atomic E-state index is 11.8.